The first kappa shape index (κ1) is 19.2. The number of ether oxygens (including phenoxy) is 1. The van der Waals surface area contributed by atoms with Crippen LogP contribution in [0.1, 0.15) is 25.8 Å². The molecular weight excluding hydrogens is 364 g/mol. The predicted octanol–water partition coefficient (Wildman–Crippen LogP) is 3.43. The summed E-state index contributed by atoms with van der Waals surface area (Å²) in [5, 5.41) is 0. The first-order chi connectivity index (χ1) is 12.8. The molecule has 0 saturated heterocycles. The van der Waals surface area contributed by atoms with E-state index < -0.39 is 10.0 Å². The summed E-state index contributed by atoms with van der Waals surface area (Å²) in [6, 6.07) is 11.6. The van der Waals surface area contributed by atoms with Gasteiger partial charge < -0.3 is 9.64 Å². The first-order valence-corrected chi connectivity index (χ1v) is 10.4. The van der Waals surface area contributed by atoms with Gasteiger partial charge in [-0.25, -0.2) is 8.42 Å². The molecular formula is C20H24N2O4S. The number of nitrogens with one attached hydrogen (secondary N) is 1. The number of hydrogen-bond donors (Lipinski definition) is 1. The fourth-order valence-corrected chi connectivity index (χ4v) is 4.22. The second-order valence-electron chi connectivity index (χ2n) is 6.87. The van der Waals surface area contributed by atoms with Crippen molar-refractivity contribution in [2.75, 3.05) is 23.3 Å². The van der Waals surface area contributed by atoms with E-state index in [9.17, 15) is 13.2 Å². The lowest BCUT2D eigenvalue weighted by Gasteiger charge is -2.31. The van der Waals surface area contributed by atoms with Gasteiger partial charge in [0, 0.05) is 23.8 Å². The quantitative estimate of drug-likeness (QED) is 0.851. The monoisotopic (exact) mass is 388 g/mol. The highest BCUT2D eigenvalue weighted by molar-refractivity contribution is 7.92. The number of methoxy groups -OCH3 is 1. The molecule has 6 nitrogen and oxygen atoms in total. The standard InChI is InChI=1S/C20H24N2O4S/c1-14(2)20(23)22-12-4-5-15-13-16(6-11-19(15)22)21-27(24,25)18-9-7-17(26-3)8-10-18/h6-11,13-14,21H,4-5,12H2,1-3H3. The molecule has 27 heavy (non-hydrogen) atoms. The smallest absolute Gasteiger partial charge is 0.261 e. The predicted molar refractivity (Wildman–Crippen MR) is 106 cm³/mol. The normalized spacial score (nSPS) is 14.0. The van der Waals surface area contributed by atoms with Crippen LogP contribution in [0.15, 0.2) is 47.4 Å². The number of carbonyl (C=O) groups is 1. The van der Waals surface area contributed by atoms with E-state index in [-0.39, 0.29) is 16.7 Å². The van der Waals surface area contributed by atoms with Crippen molar-refractivity contribution in [3.8, 4) is 5.75 Å². The second kappa shape index (κ2) is 7.60. The van der Waals surface area contributed by atoms with E-state index in [0.29, 0.717) is 18.0 Å². The van der Waals surface area contributed by atoms with E-state index in [0.717, 1.165) is 24.1 Å². The van der Waals surface area contributed by atoms with Crippen LogP contribution in [-0.2, 0) is 21.2 Å². The summed E-state index contributed by atoms with van der Waals surface area (Å²) < 4.78 is 32.9. The Bertz CT molecular complexity index is 937. The molecule has 144 valence electrons. The number of amides is 1. The average Bonchev–Trinajstić information content (AvgIpc) is 2.66. The van der Waals surface area contributed by atoms with Gasteiger partial charge in [-0.15, -0.1) is 0 Å². The van der Waals surface area contributed by atoms with Crippen molar-refractivity contribution in [1.29, 1.82) is 0 Å². The van der Waals surface area contributed by atoms with Crippen molar-refractivity contribution >= 4 is 27.3 Å². The fourth-order valence-electron chi connectivity index (χ4n) is 3.17. The van der Waals surface area contributed by atoms with E-state index in [1.165, 1.54) is 19.2 Å². The summed E-state index contributed by atoms with van der Waals surface area (Å²) in [5.41, 5.74) is 2.33. The lowest BCUT2D eigenvalue weighted by Crippen LogP contribution is -2.38. The molecule has 0 saturated carbocycles. The van der Waals surface area contributed by atoms with Gasteiger partial charge in [0.25, 0.3) is 10.0 Å². The van der Waals surface area contributed by atoms with Crippen molar-refractivity contribution < 1.29 is 17.9 Å². The van der Waals surface area contributed by atoms with Crippen molar-refractivity contribution in [1.82, 2.24) is 0 Å². The highest BCUT2D eigenvalue weighted by atomic mass is 32.2. The minimum Gasteiger partial charge on any atom is -0.497 e. The molecule has 0 spiro atoms. The number of hydrogen-bond acceptors (Lipinski definition) is 4. The molecule has 1 N–H and O–H groups in total. The molecule has 2 aromatic carbocycles. The molecule has 0 bridgehead atoms. The minimum atomic E-state index is -3.69. The van der Waals surface area contributed by atoms with Crippen LogP contribution < -0.4 is 14.4 Å². The molecule has 0 fully saturated rings. The van der Waals surface area contributed by atoms with Gasteiger partial charge in [-0.05, 0) is 60.9 Å². The van der Waals surface area contributed by atoms with Gasteiger partial charge in [-0.3, -0.25) is 9.52 Å². The van der Waals surface area contributed by atoms with Gasteiger partial charge in [-0.2, -0.15) is 0 Å². The third kappa shape index (κ3) is 4.08. The summed E-state index contributed by atoms with van der Waals surface area (Å²) in [6.45, 7) is 4.46. The van der Waals surface area contributed by atoms with E-state index in [1.54, 1.807) is 23.1 Å². The van der Waals surface area contributed by atoms with Crippen LogP contribution in [0.5, 0.6) is 5.75 Å². The van der Waals surface area contributed by atoms with Gasteiger partial charge >= 0.3 is 0 Å². The molecule has 0 atom stereocenters. The number of aryl methyl sites for hydroxylation is 1. The minimum absolute atomic E-state index is 0.0794. The van der Waals surface area contributed by atoms with Gasteiger partial charge in [0.2, 0.25) is 5.91 Å². The maximum atomic E-state index is 12.6. The van der Waals surface area contributed by atoms with Crippen molar-refractivity contribution in [2.45, 2.75) is 31.6 Å². The Labute approximate surface area is 160 Å². The van der Waals surface area contributed by atoms with Gasteiger partial charge in [0.05, 0.1) is 12.0 Å². The van der Waals surface area contributed by atoms with Gasteiger partial charge in [0.1, 0.15) is 5.75 Å². The Morgan fingerprint density at radius 1 is 1.15 bits per heavy atom. The molecule has 2 aromatic rings. The third-order valence-corrected chi connectivity index (χ3v) is 5.98. The largest absolute Gasteiger partial charge is 0.497 e. The number of benzene rings is 2. The van der Waals surface area contributed by atoms with Crippen LogP contribution in [0.3, 0.4) is 0 Å². The summed E-state index contributed by atoms with van der Waals surface area (Å²) in [6.07, 6.45) is 1.68. The van der Waals surface area contributed by atoms with Crippen LogP contribution in [-0.4, -0.2) is 28.0 Å². The molecule has 0 aromatic heterocycles. The SMILES string of the molecule is COc1ccc(S(=O)(=O)Nc2ccc3c(c2)CCCN3C(=O)C(C)C)cc1. The number of nitrogens with zero attached hydrogens (tertiary/aromatic N) is 1. The zero-order valence-corrected chi connectivity index (χ0v) is 16.5. The molecule has 7 heteroatoms. The number of anilines is 2. The van der Waals surface area contributed by atoms with Crippen LogP contribution in [0.4, 0.5) is 11.4 Å². The van der Waals surface area contributed by atoms with E-state index in [4.69, 9.17) is 4.74 Å². The fraction of sp³-hybridized carbons (Fsp3) is 0.350. The molecule has 1 aliphatic rings. The molecule has 0 unspecified atom stereocenters. The first-order valence-electron chi connectivity index (χ1n) is 8.93. The molecule has 3 rings (SSSR count). The van der Waals surface area contributed by atoms with Crippen molar-refractivity contribution in [3.63, 3.8) is 0 Å². The summed E-state index contributed by atoms with van der Waals surface area (Å²) in [4.78, 5) is 14.4. The van der Waals surface area contributed by atoms with Crippen molar-refractivity contribution in [2.24, 2.45) is 5.92 Å². The molecule has 0 radical (unpaired) electrons. The Kier molecular flexibility index (Phi) is 5.41. The van der Waals surface area contributed by atoms with E-state index >= 15 is 0 Å². The Hall–Kier alpha value is -2.54. The Morgan fingerprint density at radius 2 is 1.85 bits per heavy atom. The second-order valence-corrected chi connectivity index (χ2v) is 8.56. The van der Waals surface area contributed by atoms with Crippen LogP contribution in [0.25, 0.3) is 0 Å². The van der Waals surface area contributed by atoms with Crippen LogP contribution in [0.2, 0.25) is 0 Å². The van der Waals surface area contributed by atoms with E-state index in [1.807, 2.05) is 26.0 Å². The molecule has 0 aliphatic carbocycles. The van der Waals surface area contributed by atoms with Gasteiger partial charge in [-0.1, -0.05) is 13.8 Å². The maximum Gasteiger partial charge on any atom is 0.261 e. The summed E-state index contributed by atoms with van der Waals surface area (Å²) in [7, 11) is -2.16. The number of sulfonamides is 1. The zero-order valence-electron chi connectivity index (χ0n) is 15.7. The lowest BCUT2D eigenvalue weighted by molar-refractivity contribution is -0.121. The highest BCUT2D eigenvalue weighted by Crippen LogP contribution is 2.31. The highest BCUT2D eigenvalue weighted by Gasteiger charge is 2.25. The van der Waals surface area contributed by atoms with Crippen LogP contribution >= 0.6 is 0 Å². The van der Waals surface area contributed by atoms with E-state index in [2.05, 4.69) is 4.72 Å². The third-order valence-electron chi connectivity index (χ3n) is 4.58. The number of carbonyl (C=O) groups excluding carboxylic acids is 1. The van der Waals surface area contributed by atoms with Crippen molar-refractivity contribution in [3.05, 3.63) is 48.0 Å². The Morgan fingerprint density at radius 3 is 2.48 bits per heavy atom. The topological polar surface area (TPSA) is 75.7 Å². The number of rotatable bonds is 5. The van der Waals surface area contributed by atoms with Gasteiger partial charge in [0.15, 0.2) is 0 Å². The molecule has 1 heterocycles. The maximum absolute atomic E-state index is 12.6. The summed E-state index contributed by atoms with van der Waals surface area (Å²) in [5.74, 6) is 0.601. The number of fused-ring (bicyclic) bond motifs is 1. The van der Waals surface area contributed by atoms with Crippen LogP contribution in [0, 0.1) is 5.92 Å². The molecule has 1 aliphatic heterocycles. The summed E-state index contributed by atoms with van der Waals surface area (Å²) >= 11 is 0. The Balaban J connectivity index is 1.85. The zero-order chi connectivity index (χ0) is 19.6. The lowest BCUT2D eigenvalue weighted by atomic mass is 9.99. The average molecular weight is 388 g/mol. The molecule has 1 amide bonds.